The lowest BCUT2D eigenvalue weighted by Gasteiger charge is -2.17. The first-order chi connectivity index (χ1) is 8.99. The third-order valence-electron chi connectivity index (χ3n) is 2.34. The van der Waals surface area contributed by atoms with Crippen LogP contribution < -0.4 is 4.31 Å². The van der Waals surface area contributed by atoms with Gasteiger partial charge in [0.25, 0.3) is 5.69 Å². The predicted octanol–water partition coefficient (Wildman–Crippen LogP) is 1.95. The molecule has 0 amide bonds. The average molecular weight is 298 g/mol. The maximum Gasteiger partial charge on any atom is 0.270 e. The molecule has 0 aliphatic rings. The van der Waals surface area contributed by atoms with E-state index in [-0.39, 0.29) is 5.69 Å². The molecule has 100 valence electrons. The van der Waals surface area contributed by atoms with Crippen molar-refractivity contribution in [2.24, 2.45) is 0 Å². The number of rotatable bonds is 4. The number of hydrogen-bond acceptors (Lipinski definition) is 6. The van der Waals surface area contributed by atoms with Gasteiger partial charge in [0.05, 0.1) is 10.6 Å². The second-order valence-electron chi connectivity index (χ2n) is 3.54. The van der Waals surface area contributed by atoms with Crippen molar-refractivity contribution < 1.29 is 13.7 Å². The van der Waals surface area contributed by atoms with E-state index in [2.05, 4.69) is 4.98 Å². The molecule has 2 aromatic rings. The summed E-state index contributed by atoms with van der Waals surface area (Å²) in [6, 6.07) is 6.02. The molecule has 0 fully saturated rings. The lowest BCUT2D eigenvalue weighted by atomic mass is 10.1. The largest absolute Gasteiger partial charge is 0.755 e. The van der Waals surface area contributed by atoms with Crippen LogP contribution in [0.4, 0.5) is 10.8 Å². The molecule has 1 aromatic heterocycles. The zero-order valence-electron chi connectivity index (χ0n) is 9.68. The summed E-state index contributed by atoms with van der Waals surface area (Å²) in [5.41, 5.74) is 1.04. The molecule has 19 heavy (non-hydrogen) atoms. The van der Waals surface area contributed by atoms with E-state index in [0.717, 1.165) is 15.6 Å². The van der Waals surface area contributed by atoms with Gasteiger partial charge >= 0.3 is 0 Å². The van der Waals surface area contributed by atoms with E-state index in [1.807, 2.05) is 0 Å². The first-order valence-corrected chi connectivity index (χ1v) is 6.93. The quantitative estimate of drug-likeness (QED) is 0.488. The molecule has 1 unspecified atom stereocenters. The molecule has 0 aliphatic heterocycles. The lowest BCUT2D eigenvalue weighted by molar-refractivity contribution is -0.384. The number of thiazole rings is 1. The van der Waals surface area contributed by atoms with Crippen LogP contribution in [-0.4, -0.2) is 25.7 Å². The van der Waals surface area contributed by atoms with E-state index < -0.39 is 16.2 Å². The second-order valence-corrected chi connectivity index (χ2v) is 5.36. The molecule has 7 nitrogen and oxygen atoms in total. The number of non-ortho nitro benzene ring substituents is 1. The Morgan fingerprint density at radius 2 is 2.21 bits per heavy atom. The predicted molar refractivity (Wildman–Crippen MR) is 71.5 cm³/mol. The molecule has 9 heteroatoms. The van der Waals surface area contributed by atoms with Gasteiger partial charge in [0.15, 0.2) is 5.13 Å². The number of nitro benzene ring substituents is 1. The monoisotopic (exact) mass is 298 g/mol. The maximum absolute atomic E-state index is 10.8. The first-order valence-electron chi connectivity index (χ1n) is 5.02. The third-order valence-corrected chi connectivity index (χ3v) is 3.99. The summed E-state index contributed by atoms with van der Waals surface area (Å²) < 4.78 is 22.6. The minimum absolute atomic E-state index is 0.0344. The zero-order valence-corrected chi connectivity index (χ0v) is 11.3. The normalized spacial score (nSPS) is 12.1. The minimum Gasteiger partial charge on any atom is -0.755 e. The first kappa shape index (κ1) is 13.6. The Bertz CT molecular complexity index is 643. The number of nitro groups is 1. The van der Waals surface area contributed by atoms with E-state index in [9.17, 15) is 18.9 Å². The Morgan fingerprint density at radius 3 is 2.84 bits per heavy atom. The number of anilines is 1. The molecular weight excluding hydrogens is 290 g/mol. The van der Waals surface area contributed by atoms with E-state index in [1.54, 1.807) is 17.5 Å². The molecule has 0 N–H and O–H groups in total. The highest BCUT2D eigenvalue weighted by atomic mass is 32.2. The zero-order chi connectivity index (χ0) is 14.0. The van der Waals surface area contributed by atoms with E-state index in [0.29, 0.717) is 16.4 Å². The Balaban J connectivity index is 2.35. The molecule has 0 bridgehead atoms. The summed E-state index contributed by atoms with van der Waals surface area (Å²) in [5.74, 6) is 0. The van der Waals surface area contributed by atoms with Crippen LogP contribution in [0.1, 0.15) is 0 Å². The molecule has 0 spiro atoms. The summed E-state index contributed by atoms with van der Waals surface area (Å²) in [6.45, 7) is 0. The van der Waals surface area contributed by atoms with Crippen LogP contribution in [0.25, 0.3) is 11.3 Å². The number of nitrogens with zero attached hydrogens (tertiary/aromatic N) is 3. The molecule has 1 atom stereocenters. The highest BCUT2D eigenvalue weighted by Gasteiger charge is 2.12. The molecule has 0 saturated carbocycles. The van der Waals surface area contributed by atoms with Crippen LogP contribution >= 0.6 is 11.3 Å². The van der Waals surface area contributed by atoms with Gasteiger partial charge in [0.2, 0.25) is 0 Å². The summed E-state index contributed by atoms with van der Waals surface area (Å²) in [5, 5.41) is 12.6. The fourth-order valence-electron chi connectivity index (χ4n) is 1.38. The number of aromatic nitrogens is 1. The Hall–Kier alpha value is -1.84. The van der Waals surface area contributed by atoms with Crippen molar-refractivity contribution in [3.05, 3.63) is 39.8 Å². The van der Waals surface area contributed by atoms with Gasteiger partial charge in [-0.2, -0.15) is 0 Å². The van der Waals surface area contributed by atoms with Crippen molar-refractivity contribution in [3.8, 4) is 11.3 Å². The van der Waals surface area contributed by atoms with Gasteiger partial charge < -0.3 is 4.55 Å². The van der Waals surface area contributed by atoms with E-state index >= 15 is 0 Å². The van der Waals surface area contributed by atoms with Crippen LogP contribution in [0.5, 0.6) is 0 Å². The molecule has 0 aliphatic carbocycles. The molecular formula is C10H8N3O4S2-. The highest BCUT2D eigenvalue weighted by molar-refractivity contribution is 7.80. The van der Waals surface area contributed by atoms with Crippen LogP contribution in [0.2, 0.25) is 0 Å². The van der Waals surface area contributed by atoms with Crippen molar-refractivity contribution in [1.29, 1.82) is 0 Å². The Kier molecular flexibility index (Phi) is 3.88. The van der Waals surface area contributed by atoms with Crippen LogP contribution in [0.3, 0.4) is 0 Å². The van der Waals surface area contributed by atoms with Gasteiger partial charge in [-0.25, -0.2) is 4.98 Å². The van der Waals surface area contributed by atoms with Gasteiger partial charge in [-0.1, -0.05) is 12.1 Å². The molecule has 1 heterocycles. The second kappa shape index (κ2) is 5.43. The fraction of sp³-hybridized carbons (Fsp3) is 0.100. The van der Waals surface area contributed by atoms with Gasteiger partial charge in [0, 0.05) is 41.4 Å². The van der Waals surface area contributed by atoms with Crippen molar-refractivity contribution in [2.75, 3.05) is 11.4 Å². The number of benzene rings is 1. The molecule has 2 rings (SSSR count). The standard InChI is InChI=1S/C10H9N3O4S2/c1-12(19(16)17)10-11-9(6-18-10)7-3-2-4-8(5-7)13(14)15/h2-6H,1H3,(H,16,17)/p-1. The van der Waals surface area contributed by atoms with Crippen LogP contribution in [0, 0.1) is 10.1 Å². The number of hydrogen-bond donors (Lipinski definition) is 0. The molecule has 0 radical (unpaired) electrons. The SMILES string of the molecule is CN(c1nc(-c2cccc([N+](=O)[O-])c2)cs1)S(=O)[O-]. The average Bonchev–Trinajstić information content (AvgIpc) is 2.87. The summed E-state index contributed by atoms with van der Waals surface area (Å²) in [6.07, 6.45) is 0. The Labute approximate surface area is 115 Å². The molecule has 0 saturated heterocycles. The topological polar surface area (TPSA) is 99.4 Å². The van der Waals surface area contributed by atoms with Crippen LogP contribution in [-0.2, 0) is 11.3 Å². The van der Waals surface area contributed by atoms with E-state index in [1.165, 1.54) is 19.2 Å². The highest BCUT2D eigenvalue weighted by Crippen LogP contribution is 2.29. The maximum atomic E-state index is 10.8. The van der Waals surface area contributed by atoms with Crippen molar-refractivity contribution >= 4 is 33.4 Å². The smallest absolute Gasteiger partial charge is 0.270 e. The lowest BCUT2D eigenvalue weighted by Crippen LogP contribution is -2.19. The van der Waals surface area contributed by atoms with Gasteiger partial charge in [-0.05, 0) is 0 Å². The van der Waals surface area contributed by atoms with Crippen molar-refractivity contribution in [1.82, 2.24) is 4.98 Å². The molecule has 1 aromatic carbocycles. The van der Waals surface area contributed by atoms with Gasteiger partial charge in [0.1, 0.15) is 0 Å². The summed E-state index contributed by atoms with van der Waals surface area (Å²) >= 11 is -1.25. The van der Waals surface area contributed by atoms with Gasteiger partial charge in [-0.3, -0.25) is 18.6 Å². The summed E-state index contributed by atoms with van der Waals surface area (Å²) in [4.78, 5) is 14.3. The van der Waals surface area contributed by atoms with Crippen LogP contribution in [0.15, 0.2) is 29.6 Å². The van der Waals surface area contributed by atoms with Crippen molar-refractivity contribution in [2.45, 2.75) is 0 Å². The fourth-order valence-corrected chi connectivity index (χ4v) is 2.57. The van der Waals surface area contributed by atoms with Crippen molar-refractivity contribution in [3.63, 3.8) is 0 Å². The third kappa shape index (κ3) is 2.95. The minimum atomic E-state index is -2.39. The van der Waals surface area contributed by atoms with Gasteiger partial charge in [-0.15, -0.1) is 11.3 Å². The Morgan fingerprint density at radius 1 is 1.47 bits per heavy atom. The van der Waals surface area contributed by atoms with E-state index in [4.69, 9.17) is 0 Å². The summed E-state index contributed by atoms with van der Waals surface area (Å²) in [7, 11) is 1.37.